The first-order chi connectivity index (χ1) is 14.2. The second-order valence-electron chi connectivity index (χ2n) is 6.92. The van der Waals surface area contributed by atoms with E-state index in [-0.39, 0.29) is 11.1 Å². The molecule has 2 heterocycles. The van der Waals surface area contributed by atoms with Crippen molar-refractivity contribution < 1.29 is 4.74 Å². The van der Waals surface area contributed by atoms with Crippen molar-refractivity contribution in [2.75, 3.05) is 7.11 Å². The highest BCUT2D eigenvalue weighted by Crippen LogP contribution is 2.29. The summed E-state index contributed by atoms with van der Waals surface area (Å²) in [5, 5.41) is 1.69. The molecule has 0 atom stereocenters. The van der Waals surface area contributed by atoms with Gasteiger partial charge in [-0.3, -0.25) is 9.59 Å². The number of fused-ring (bicyclic) bond motifs is 4. The average Bonchev–Trinajstić information content (AvgIpc) is 2.78. The van der Waals surface area contributed by atoms with Crippen LogP contribution in [0, 0.1) is 0 Å². The van der Waals surface area contributed by atoms with E-state index < -0.39 is 0 Å². The topological polar surface area (TPSA) is 52.2 Å². The number of nitrogens with zero attached hydrogens (tertiary/aromatic N) is 2. The summed E-state index contributed by atoms with van der Waals surface area (Å²) < 4.78 is 8.49. The van der Waals surface area contributed by atoms with Gasteiger partial charge in [0.15, 0.2) is 0 Å². The van der Waals surface area contributed by atoms with Gasteiger partial charge < -0.3 is 4.74 Å². The fraction of sp³-hybridized carbons (Fsp3) is 0.0833. The molecule has 0 bridgehead atoms. The van der Waals surface area contributed by atoms with Crippen LogP contribution in [0.4, 0.5) is 0 Å². The molecule has 0 N–H and O–H groups in total. The Morgan fingerprint density at radius 3 is 1.90 bits per heavy atom. The minimum absolute atomic E-state index is 0.224. The lowest BCUT2D eigenvalue weighted by molar-refractivity contribution is 0.186. The summed E-state index contributed by atoms with van der Waals surface area (Å²) in [5.41, 5.74) is 2.59. The lowest BCUT2D eigenvalue weighted by atomic mass is 10.0. The standard InChI is InChI=1S/C24H18N2O3/c1-29-15-20-17-11-7-8-14-21(17)25-23(27)18-12-5-6-13-19(18)24(28)26(25)22(20)16-9-3-2-4-10-16/h2-14H,15H2,1H3. The van der Waals surface area contributed by atoms with E-state index in [2.05, 4.69) is 0 Å². The van der Waals surface area contributed by atoms with Gasteiger partial charge in [0.05, 0.1) is 28.6 Å². The lowest BCUT2D eigenvalue weighted by Crippen LogP contribution is -2.32. The Bertz CT molecular complexity index is 1500. The Balaban J connectivity index is 2.18. The van der Waals surface area contributed by atoms with Crippen molar-refractivity contribution in [3.63, 3.8) is 0 Å². The smallest absolute Gasteiger partial charge is 0.278 e. The van der Waals surface area contributed by atoms with Gasteiger partial charge in [0.1, 0.15) is 0 Å². The van der Waals surface area contributed by atoms with Gasteiger partial charge in [-0.1, -0.05) is 60.7 Å². The first kappa shape index (κ1) is 17.4. The van der Waals surface area contributed by atoms with Gasteiger partial charge >= 0.3 is 0 Å². The summed E-state index contributed by atoms with van der Waals surface area (Å²) in [5.74, 6) is 0. The molecular formula is C24H18N2O3. The first-order valence-electron chi connectivity index (χ1n) is 9.37. The number of ether oxygens (including phenoxy) is 1. The van der Waals surface area contributed by atoms with Gasteiger partial charge in [0, 0.05) is 23.6 Å². The first-order valence-corrected chi connectivity index (χ1v) is 9.37. The number of aromatic nitrogens is 2. The molecule has 5 rings (SSSR count). The Labute approximate surface area is 166 Å². The van der Waals surface area contributed by atoms with Crippen molar-refractivity contribution in [3.05, 3.63) is 105 Å². The third kappa shape index (κ3) is 2.52. The van der Waals surface area contributed by atoms with Crippen molar-refractivity contribution >= 4 is 21.7 Å². The van der Waals surface area contributed by atoms with Crippen LogP contribution >= 0.6 is 0 Å². The van der Waals surface area contributed by atoms with Gasteiger partial charge in [-0.25, -0.2) is 9.03 Å². The van der Waals surface area contributed by atoms with E-state index in [1.807, 2.05) is 54.6 Å². The molecule has 5 nitrogen and oxygen atoms in total. The molecule has 0 aliphatic rings. The van der Waals surface area contributed by atoms with Gasteiger partial charge in [-0.2, -0.15) is 0 Å². The normalized spacial score (nSPS) is 11.5. The van der Waals surface area contributed by atoms with Crippen molar-refractivity contribution in [1.82, 2.24) is 9.03 Å². The van der Waals surface area contributed by atoms with E-state index in [9.17, 15) is 9.59 Å². The van der Waals surface area contributed by atoms with Crippen molar-refractivity contribution in [2.24, 2.45) is 0 Å². The minimum Gasteiger partial charge on any atom is -0.380 e. The van der Waals surface area contributed by atoms with Crippen LogP contribution in [0.3, 0.4) is 0 Å². The quantitative estimate of drug-likeness (QED) is 0.352. The largest absolute Gasteiger partial charge is 0.380 e. The number of hydrogen-bond donors (Lipinski definition) is 0. The van der Waals surface area contributed by atoms with E-state index in [1.165, 1.54) is 9.03 Å². The van der Waals surface area contributed by atoms with E-state index in [4.69, 9.17) is 4.74 Å². The summed E-state index contributed by atoms with van der Waals surface area (Å²) in [4.78, 5) is 27.1. The fourth-order valence-electron chi connectivity index (χ4n) is 4.04. The monoisotopic (exact) mass is 382 g/mol. The summed E-state index contributed by atoms with van der Waals surface area (Å²) in [6.07, 6.45) is 0. The van der Waals surface area contributed by atoms with Crippen LogP contribution in [0.2, 0.25) is 0 Å². The second kappa shape index (κ2) is 6.72. The third-order valence-corrected chi connectivity index (χ3v) is 5.26. The van der Waals surface area contributed by atoms with Crippen LogP contribution in [-0.2, 0) is 11.3 Å². The number of methoxy groups -OCH3 is 1. The van der Waals surface area contributed by atoms with Gasteiger partial charge in [-0.05, 0) is 18.2 Å². The molecule has 0 aliphatic carbocycles. The van der Waals surface area contributed by atoms with Gasteiger partial charge in [0.25, 0.3) is 11.1 Å². The molecule has 5 heteroatoms. The maximum absolute atomic E-state index is 13.6. The molecule has 29 heavy (non-hydrogen) atoms. The Morgan fingerprint density at radius 1 is 0.690 bits per heavy atom. The zero-order valence-corrected chi connectivity index (χ0v) is 15.8. The number of hydrogen-bond acceptors (Lipinski definition) is 3. The molecule has 0 unspecified atom stereocenters. The van der Waals surface area contributed by atoms with Crippen LogP contribution in [0.25, 0.3) is 32.9 Å². The SMILES string of the molecule is COCc1c(-c2ccccc2)n2c(=O)c3ccccc3c(=O)n2c2ccccc12. The Hall–Kier alpha value is -3.70. The van der Waals surface area contributed by atoms with E-state index in [0.717, 1.165) is 16.5 Å². The predicted octanol–water partition coefficient (Wildman–Crippen LogP) is 3.88. The van der Waals surface area contributed by atoms with Crippen LogP contribution in [0.1, 0.15) is 5.56 Å². The molecule has 0 saturated heterocycles. The average molecular weight is 382 g/mol. The molecule has 3 aromatic carbocycles. The second-order valence-corrected chi connectivity index (χ2v) is 6.92. The Kier molecular flexibility index (Phi) is 4.03. The summed E-state index contributed by atoms with van der Waals surface area (Å²) in [6, 6.07) is 24.2. The molecule has 2 aromatic heterocycles. The Morgan fingerprint density at radius 2 is 1.24 bits per heavy atom. The van der Waals surface area contributed by atoms with E-state index in [0.29, 0.717) is 28.6 Å². The predicted molar refractivity (Wildman–Crippen MR) is 115 cm³/mol. The summed E-state index contributed by atoms with van der Waals surface area (Å²) >= 11 is 0. The van der Waals surface area contributed by atoms with Crippen molar-refractivity contribution in [1.29, 1.82) is 0 Å². The molecule has 0 fully saturated rings. The van der Waals surface area contributed by atoms with Crippen molar-refractivity contribution in [3.8, 4) is 11.3 Å². The molecule has 0 saturated carbocycles. The van der Waals surface area contributed by atoms with E-state index >= 15 is 0 Å². The maximum atomic E-state index is 13.6. The highest BCUT2D eigenvalue weighted by molar-refractivity contribution is 5.89. The highest BCUT2D eigenvalue weighted by atomic mass is 16.5. The van der Waals surface area contributed by atoms with Gasteiger partial charge in [0.2, 0.25) is 0 Å². The molecular weight excluding hydrogens is 364 g/mol. The molecule has 5 aromatic rings. The summed E-state index contributed by atoms with van der Waals surface area (Å²) in [6.45, 7) is 0.314. The van der Waals surface area contributed by atoms with E-state index in [1.54, 1.807) is 31.4 Å². The third-order valence-electron chi connectivity index (χ3n) is 5.26. The molecule has 0 aliphatic heterocycles. The number of rotatable bonds is 3. The molecule has 0 amide bonds. The number of benzene rings is 3. The summed E-state index contributed by atoms with van der Waals surface area (Å²) in [7, 11) is 1.63. The van der Waals surface area contributed by atoms with Crippen LogP contribution < -0.4 is 11.1 Å². The van der Waals surface area contributed by atoms with Crippen molar-refractivity contribution in [2.45, 2.75) is 6.61 Å². The zero-order valence-electron chi connectivity index (χ0n) is 15.8. The van der Waals surface area contributed by atoms with Crippen LogP contribution in [0.5, 0.6) is 0 Å². The maximum Gasteiger partial charge on any atom is 0.278 e. The van der Waals surface area contributed by atoms with Gasteiger partial charge in [-0.15, -0.1) is 0 Å². The zero-order chi connectivity index (χ0) is 20.0. The lowest BCUT2D eigenvalue weighted by Gasteiger charge is -2.19. The molecule has 142 valence electrons. The van der Waals surface area contributed by atoms with Crippen LogP contribution in [-0.4, -0.2) is 16.1 Å². The molecule has 0 radical (unpaired) electrons. The minimum atomic E-state index is -0.234. The number of para-hydroxylation sites is 1. The molecule has 0 spiro atoms. The highest BCUT2D eigenvalue weighted by Gasteiger charge is 2.20. The fourth-order valence-corrected chi connectivity index (χ4v) is 4.04. The van der Waals surface area contributed by atoms with Crippen LogP contribution in [0.15, 0.2) is 88.5 Å².